The fourth-order valence-corrected chi connectivity index (χ4v) is 5.93. The molecule has 2 nitrogen and oxygen atoms in total. The summed E-state index contributed by atoms with van der Waals surface area (Å²) in [4.78, 5) is 0. The van der Waals surface area contributed by atoms with Gasteiger partial charge < -0.3 is 4.40 Å². The first-order chi connectivity index (χ1) is 15.8. The van der Waals surface area contributed by atoms with Gasteiger partial charge in [-0.2, -0.15) is 0 Å². The average molecular weight is 428 g/mol. The van der Waals surface area contributed by atoms with Crippen molar-refractivity contribution in [3.05, 3.63) is 84.1 Å². The Balaban J connectivity index is 1.87. The fourth-order valence-electron chi connectivity index (χ4n) is 5.93. The molecular weight excluding hydrogens is 400 g/mol. The largest absolute Gasteiger partial charge is 0.307 e. The highest BCUT2D eigenvalue weighted by molar-refractivity contribution is 6.29. The van der Waals surface area contributed by atoms with E-state index in [0.29, 0.717) is 0 Å². The minimum Gasteiger partial charge on any atom is -0.307 e. The van der Waals surface area contributed by atoms with Crippen molar-refractivity contribution in [2.75, 3.05) is 0 Å². The van der Waals surface area contributed by atoms with Gasteiger partial charge in [-0.1, -0.05) is 69.3 Å². The van der Waals surface area contributed by atoms with E-state index in [1.54, 1.807) is 0 Å². The molecule has 0 aliphatic heterocycles. The zero-order valence-electron chi connectivity index (χ0n) is 19.8. The Morgan fingerprint density at radius 2 is 1.52 bits per heavy atom. The molecule has 0 aliphatic carbocycles. The number of hydrogen-bond donors (Lipinski definition) is 0. The number of rotatable bonds is 0. The van der Waals surface area contributed by atoms with Gasteiger partial charge in [-0.05, 0) is 46.4 Å². The Hall–Kier alpha value is -3.65. The molecule has 7 aromatic rings. The van der Waals surface area contributed by atoms with Gasteiger partial charge in [-0.25, -0.2) is 4.57 Å². The van der Waals surface area contributed by atoms with Crippen molar-refractivity contribution >= 4 is 59.8 Å². The highest BCUT2D eigenvalue weighted by Crippen LogP contribution is 2.42. The summed E-state index contributed by atoms with van der Waals surface area (Å²) in [6.45, 7) is 9.12. The Labute approximate surface area is 193 Å². The lowest BCUT2D eigenvalue weighted by atomic mass is 9.85. The molecule has 0 fully saturated rings. The number of aromatic nitrogens is 2. The monoisotopic (exact) mass is 427 g/mol. The third-order valence-corrected chi connectivity index (χ3v) is 7.60. The van der Waals surface area contributed by atoms with Crippen LogP contribution in [0.2, 0.25) is 0 Å². The van der Waals surface area contributed by atoms with Crippen molar-refractivity contribution in [3.63, 3.8) is 0 Å². The van der Waals surface area contributed by atoms with Gasteiger partial charge in [0, 0.05) is 22.2 Å². The lowest BCUT2D eigenvalue weighted by molar-refractivity contribution is -0.643. The van der Waals surface area contributed by atoms with Crippen LogP contribution in [-0.2, 0) is 12.5 Å². The number of benzene rings is 4. The average Bonchev–Trinajstić information content (AvgIpc) is 3.13. The topological polar surface area (TPSA) is 8.29 Å². The second-order valence-electron chi connectivity index (χ2n) is 10.7. The second kappa shape index (κ2) is 6.02. The van der Waals surface area contributed by atoms with Crippen molar-refractivity contribution in [2.45, 2.75) is 33.1 Å². The Bertz CT molecular complexity index is 1910. The molecule has 0 spiro atoms. The lowest BCUT2D eigenvalue weighted by Gasteiger charge is -2.20. The van der Waals surface area contributed by atoms with E-state index >= 15 is 0 Å². The fraction of sp³-hybridized carbons (Fsp3) is 0.194. The second-order valence-corrected chi connectivity index (χ2v) is 10.7. The Kier molecular flexibility index (Phi) is 3.44. The summed E-state index contributed by atoms with van der Waals surface area (Å²) < 4.78 is 4.83. The van der Waals surface area contributed by atoms with Gasteiger partial charge in [0.05, 0.1) is 27.3 Å². The van der Waals surface area contributed by atoms with E-state index < -0.39 is 0 Å². The van der Waals surface area contributed by atoms with Gasteiger partial charge in [-0.15, -0.1) is 0 Å². The van der Waals surface area contributed by atoms with E-state index in [0.717, 1.165) is 0 Å². The Morgan fingerprint density at radius 1 is 0.727 bits per heavy atom. The third-order valence-electron chi connectivity index (χ3n) is 7.60. The van der Waals surface area contributed by atoms with Gasteiger partial charge in [0.1, 0.15) is 7.05 Å². The zero-order chi connectivity index (χ0) is 22.6. The molecule has 3 heterocycles. The molecule has 0 N–H and O–H groups in total. The molecule has 160 valence electrons. The molecule has 0 amide bonds. The van der Waals surface area contributed by atoms with Crippen molar-refractivity contribution < 1.29 is 4.57 Å². The smallest absolute Gasteiger partial charge is 0.224 e. The first-order valence-electron chi connectivity index (χ1n) is 11.8. The van der Waals surface area contributed by atoms with E-state index in [1.807, 2.05) is 0 Å². The quantitative estimate of drug-likeness (QED) is 0.134. The molecule has 3 aromatic heterocycles. The van der Waals surface area contributed by atoms with E-state index in [1.165, 1.54) is 70.9 Å². The van der Waals surface area contributed by atoms with Gasteiger partial charge in [-0.3, -0.25) is 0 Å². The lowest BCUT2D eigenvalue weighted by Crippen LogP contribution is -2.29. The highest BCUT2D eigenvalue weighted by atomic mass is 15.0. The van der Waals surface area contributed by atoms with Crippen LogP contribution in [0.15, 0.2) is 72.9 Å². The molecule has 4 aromatic carbocycles. The van der Waals surface area contributed by atoms with Gasteiger partial charge in [0.25, 0.3) is 0 Å². The summed E-state index contributed by atoms with van der Waals surface area (Å²) in [5.74, 6) is 0. The molecule has 33 heavy (non-hydrogen) atoms. The molecule has 0 saturated carbocycles. The number of nitrogens with zero attached hydrogens (tertiary/aromatic N) is 2. The summed E-state index contributed by atoms with van der Waals surface area (Å²) >= 11 is 0. The molecule has 0 saturated heterocycles. The molecule has 0 unspecified atom stereocenters. The first kappa shape index (κ1) is 18.9. The zero-order valence-corrected chi connectivity index (χ0v) is 19.8. The molecule has 0 radical (unpaired) electrons. The van der Waals surface area contributed by atoms with Gasteiger partial charge >= 0.3 is 0 Å². The van der Waals surface area contributed by atoms with Crippen LogP contribution >= 0.6 is 0 Å². The van der Waals surface area contributed by atoms with E-state index in [4.69, 9.17) is 0 Å². The van der Waals surface area contributed by atoms with E-state index in [-0.39, 0.29) is 5.41 Å². The summed E-state index contributed by atoms with van der Waals surface area (Å²) in [5, 5.41) is 9.32. The maximum absolute atomic E-state index is 2.52. The number of pyridine rings is 2. The molecule has 7 rings (SSSR count). The first-order valence-corrected chi connectivity index (χ1v) is 11.8. The molecule has 0 atom stereocenters. The van der Waals surface area contributed by atoms with Crippen LogP contribution in [0.5, 0.6) is 0 Å². The van der Waals surface area contributed by atoms with Crippen LogP contribution < -0.4 is 4.57 Å². The van der Waals surface area contributed by atoms with Gasteiger partial charge in [0.15, 0.2) is 6.20 Å². The maximum Gasteiger partial charge on any atom is 0.224 e. The van der Waals surface area contributed by atoms with Crippen LogP contribution in [0.4, 0.5) is 0 Å². The van der Waals surface area contributed by atoms with Crippen molar-refractivity contribution in [3.8, 4) is 0 Å². The summed E-state index contributed by atoms with van der Waals surface area (Å²) in [6, 6.07) is 25.2. The molecular formula is C31H27N2+. The highest BCUT2D eigenvalue weighted by Gasteiger charge is 2.25. The standard InChI is InChI=1S/C31H27N2/c1-18-10-12-24-22-8-6-7-9-25(22)33-26-17-19-16-20(31(2,3)4)11-13-21(19)23-14-15-32(5)30(28(23)26)27(18)29(24)33/h6-17H,1-5H3/q+1. The minimum absolute atomic E-state index is 0.117. The summed E-state index contributed by atoms with van der Waals surface area (Å²) in [6.07, 6.45) is 2.23. The SMILES string of the molecule is Cc1ccc2c3ccccc3n3c4cc5cc(C(C)(C)C)ccc5c5cc[n+](C)c(c1c23)c54. The van der Waals surface area contributed by atoms with Crippen LogP contribution in [0.1, 0.15) is 31.9 Å². The predicted octanol–water partition coefficient (Wildman–Crippen LogP) is 7.57. The van der Waals surface area contributed by atoms with Gasteiger partial charge in [0.2, 0.25) is 5.52 Å². The van der Waals surface area contributed by atoms with Crippen LogP contribution in [0.3, 0.4) is 0 Å². The summed E-state index contributed by atoms with van der Waals surface area (Å²) in [7, 11) is 2.18. The number of aryl methyl sites for hydroxylation is 2. The normalized spacial score (nSPS) is 13.0. The van der Waals surface area contributed by atoms with Crippen LogP contribution in [0, 0.1) is 6.92 Å². The number of fused-ring (bicyclic) bond motifs is 7. The number of hydrogen-bond acceptors (Lipinski definition) is 0. The third kappa shape index (κ3) is 2.31. The number of para-hydroxylation sites is 1. The van der Waals surface area contributed by atoms with Crippen molar-refractivity contribution in [1.82, 2.24) is 4.40 Å². The van der Waals surface area contributed by atoms with E-state index in [2.05, 4.69) is 117 Å². The molecule has 2 heteroatoms. The van der Waals surface area contributed by atoms with Crippen LogP contribution in [-0.4, -0.2) is 4.40 Å². The maximum atomic E-state index is 2.52. The van der Waals surface area contributed by atoms with Crippen LogP contribution in [0.25, 0.3) is 59.8 Å². The summed E-state index contributed by atoms with van der Waals surface area (Å²) in [5.41, 5.74) is 8.04. The molecule has 0 bridgehead atoms. The Morgan fingerprint density at radius 3 is 2.33 bits per heavy atom. The van der Waals surface area contributed by atoms with Crippen molar-refractivity contribution in [2.24, 2.45) is 7.05 Å². The van der Waals surface area contributed by atoms with Crippen molar-refractivity contribution in [1.29, 1.82) is 0 Å². The predicted molar refractivity (Wildman–Crippen MR) is 141 cm³/mol. The minimum atomic E-state index is 0.117. The molecule has 0 aliphatic rings. The van der Waals surface area contributed by atoms with E-state index in [9.17, 15) is 0 Å².